The summed E-state index contributed by atoms with van der Waals surface area (Å²) in [7, 11) is -3.38. The molecule has 1 aromatic heterocycles. The van der Waals surface area contributed by atoms with Crippen LogP contribution in [0.3, 0.4) is 0 Å². The number of hydrogen-bond acceptors (Lipinski definition) is 4. The first-order valence-corrected chi connectivity index (χ1v) is 6.98. The van der Waals surface area contributed by atoms with Crippen molar-refractivity contribution >= 4 is 37.4 Å². The molecule has 0 aliphatic carbocycles. The van der Waals surface area contributed by atoms with Crippen LogP contribution in [-0.2, 0) is 14.3 Å². The largest absolute Gasteiger partial charge is 0.265 e. The first-order valence-electron chi connectivity index (χ1n) is 3.56. The number of hydrogen-bond donors (Lipinski definition) is 0. The maximum absolute atomic E-state index is 10.6. The molecule has 0 aromatic carbocycles. The minimum Gasteiger partial charge on any atom is -0.257 e. The van der Waals surface area contributed by atoms with Crippen LogP contribution in [0.1, 0.15) is 4.88 Å². The van der Waals surface area contributed by atoms with Crippen molar-refractivity contribution < 1.29 is 12.6 Å². The highest BCUT2D eigenvalue weighted by Gasteiger charge is 1.97. The molecule has 0 bridgehead atoms. The summed E-state index contributed by atoms with van der Waals surface area (Å²) in [5.74, 6) is 5.40. The van der Waals surface area contributed by atoms with Gasteiger partial charge in [-0.05, 0) is 28.1 Å². The van der Waals surface area contributed by atoms with Crippen molar-refractivity contribution in [3.8, 4) is 11.8 Å². The van der Waals surface area contributed by atoms with E-state index in [2.05, 4.69) is 32.0 Å². The number of thiophene rings is 1. The zero-order valence-electron chi connectivity index (χ0n) is 7.28. The van der Waals surface area contributed by atoms with E-state index in [4.69, 9.17) is 0 Å². The molecule has 0 aliphatic heterocycles. The van der Waals surface area contributed by atoms with Gasteiger partial charge in [-0.3, -0.25) is 4.18 Å². The molecule has 1 heterocycles. The van der Waals surface area contributed by atoms with Gasteiger partial charge in [0.1, 0.15) is 6.61 Å². The topological polar surface area (TPSA) is 43.4 Å². The van der Waals surface area contributed by atoms with Gasteiger partial charge in [0.25, 0.3) is 10.1 Å². The van der Waals surface area contributed by atoms with Crippen LogP contribution in [0.5, 0.6) is 0 Å². The molecule has 6 heteroatoms. The maximum Gasteiger partial charge on any atom is 0.265 e. The van der Waals surface area contributed by atoms with Crippen molar-refractivity contribution in [2.75, 3.05) is 12.9 Å². The SMILES string of the molecule is CS(=O)(=O)OCC#Cc1ccc(Br)s1. The highest BCUT2D eigenvalue weighted by atomic mass is 79.9. The summed E-state index contributed by atoms with van der Waals surface area (Å²) in [6.45, 7) is -0.103. The summed E-state index contributed by atoms with van der Waals surface area (Å²) in [4.78, 5) is 0.869. The van der Waals surface area contributed by atoms with Crippen LogP contribution >= 0.6 is 27.3 Å². The van der Waals surface area contributed by atoms with E-state index in [0.717, 1.165) is 14.9 Å². The Morgan fingerprint density at radius 2 is 2.29 bits per heavy atom. The van der Waals surface area contributed by atoms with Gasteiger partial charge < -0.3 is 0 Å². The van der Waals surface area contributed by atoms with Gasteiger partial charge in [-0.15, -0.1) is 11.3 Å². The van der Waals surface area contributed by atoms with E-state index in [0.29, 0.717) is 0 Å². The predicted molar refractivity (Wildman–Crippen MR) is 59.7 cm³/mol. The molecule has 0 saturated carbocycles. The lowest BCUT2D eigenvalue weighted by atomic mass is 10.5. The zero-order valence-corrected chi connectivity index (χ0v) is 10.5. The molecule has 1 rings (SSSR count). The van der Waals surface area contributed by atoms with Crippen LogP contribution in [0, 0.1) is 11.8 Å². The predicted octanol–water partition coefficient (Wildman–Crippen LogP) is 1.84. The number of rotatable bonds is 2. The minimum absolute atomic E-state index is 0.103. The first kappa shape index (κ1) is 11.7. The fourth-order valence-electron chi connectivity index (χ4n) is 0.641. The van der Waals surface area contributed by atoms with E-state index >= 15 is 0 Å². The third kappa shape index (κ3) is 4.77. The van der Waals surface area contributed by atoms with E-state index < -0.39 is 10.1 Å². The van der Waals surface area contributed by atoms with E-state index in [1.807, 2.05) is 12.1 Å². The van der Waals surface area contributed by atoms with Crippen molar-refractivity contribution in [2.24, 2.45) is 0 Å². The first-order chi connectivity index (χ1) is 6.47. The molecule has 0 spiro atoms. The minimum atomic E-state index is -3.38. The van der Waals surface area contributed by atoms with Crippen molar-refractivity contribution in [1.82, 2.24) is 0 Å². The molecule has 0 aliphatic rings. The van der Waals surface area contributed by atoms with Gasteiger partial charge in [0.05, 0.1) is 14.9 Å². The summed E-state index contributed by atoms with van der Waals surface area (Å²) in [6, 6.07) is 3.73. The Balaban J connectivity index is 2.50. The molecule has 0 N–H and O–H groups in total. The van der Waals surface area contributed by atoms with Crippen molar-refractivity contribution in [2.45, 2.75) is 0 Å². The Bertz CT molecular complexity index is 464. The van der Waals surface area contributed by atoms with Gasteiger partial charge in [0, 0.05) is 0 Å². The smallest absolute Gasteiger partial charge is 0.257 e. The Morgan fingerprint density at radius 1 is 1.57 bits per heavy atom. The lowest BCUT2D eigenvalue weighted by Crippen LogP contribution is -2.02. The molecule has 0 radical (unpaired) electrons. The molecule has 0 fully saturated rings. The van der Waals surface area contributed by atoms with E-state index in [9.17, 15) is 8.42 Å². The zero-order chi connectivity index (χ0) is 10.6. The van der Waals surface area contributed by atoms with E-state index in [1.54, 1.807) is 0 Å². The lowest BCUT2D eigenvalue weighted by Gasteiger charge is -1.91. The van der Waals surface area contributed by atoms with Crippen molar-refractivity contribution in [3.63, 3.8) is 0 Å². The van der Waals surface area contributed by atoms with Crippen LogP contribution in [-0.4, -0.2) is 21.3 Å². The fraction of sp³-hybridized carbons (Fsp3) is 0.250. The van der Waals surface area contributed by atoms with Crippen LogP contribution in [0.15, 0.2) is 15.9 Å². The van der Waals surface area contributed by atoms with Gasteiger partial charge in [-0.2, -0.15) is 8.42 Å². The highest BCUT2D eigenvalue weighted by molar-refractivity contribution is 9.11. The molecule has 0 atom stereocenters. The summed E-state index contributed by atoms with van der Waals surface area (Å²) < 4.78 is 26.5. The summed E-state index contributed by atoms with van der Waals surface area (Å²) >= 11 is 4.78. The third-order valence-corrected chi connectivity index (χ3v) is 3.22. The average molecular weight is 295 g/mol. The molecule has 1 aromatic rings. The number of halogens is 1. The summed E-state index contributed by atoms with van der Waals surface area (Å²) in [5.41, 5.74) is 0. The molecular weight excluding hydrogens is 288 g/mol. The molecular formula is C8H7BrO3S2. The van der Waals surface area contributed by atoms with Crippen LogP contribution in [0.4, 0.5) is 0 Å². The molecule has 0 amide bonds. The van der Waals surface area contributed by atoms with Gasteiger partial charge in [0.15, 0.2) is 0 Å². The molecule has 3 nitrogen and oxygen atoms in total. The molecule has 0 saturated heterocycles. The Morgan fingerprint density at radius 3 is 2.79 bits per heavy atom. The monoisotopic (exact) mass is 294 g/mol. The molecule has 14 heavy (non-hydrogen) atoms. The standard InChI is InChI=1S/C8H7BrO3S2/c1-14(10,11)12-6-2-3-7-4-5-8(9)13-7/h4-5H,6H2,1H3. The summed E-state index contributed by atoms with van der Waals surface area (Å²) in [6.07, 6.45) is 0.996. The lowest BCUT2D eigenvalue weighted by molar-refractivity contribution is 0.368. The van der Waals surface area contributed by atoms with Gasteiger partial charge in [0.2, 0.25) is 0 Å². The normalized spacial score (nSPS) is 10.7. The Labute approximate surface area is 95.3 Å². The van der Waals surface area contributed by atoms with Crippen molar-refractivity contribution in [1.29, 1.82) is 0 Å². The summed E-state index contributed by atoms with van der Waals surface area (Å²) in [5, 5.41) is 0. The third-order valence-electron chi connectivity index (χ3n) is 1.13. The second-order valence-corrected chi connectivity index (χ2v) is 6.48. The van der Waals surface area contributed by atoms with Crippen LogP contribution < -0.4 is 0 Å². The quantitative estimate of drug-likeness (QED) is 0.617. The van der Waals surface area contributed by atoms with Gasteiger partial charge in [-0.1, -0.05) is 11.8 Å². The highest BCUT2D eigenvalue weighted by Crippen LogP contribution is 2.20. The van der Waals surface area contributed by atoms with Crippen LogP contribution in [0.2, 0.25) is 0 Å². The van der Waals surface area contributed by atoms with Crippen molar-refractivity contribution in [3.05, 3.63) is 20.8 Å². The molecule has 0 unspecified atom stereocenters. The molecule has 76 valence electrons. The van der Waals surface area contributed by atoms with Gasteiger partial charge >= 0.3 is 0 Å². The second-order valence-electron chi connectivity index (χ2n) is 2.37. The second kappa shape index (κ2) is 4.94. The maximum atomic E-state index is 10.6. The van der Waals surface area contributed by atoms with Gasteiger partial charge in [-0.25, -0.2) is 0 Å². The van der Waals surface area contributed by atoms with Crippen LogP contribution in [0.25, 0.3) is 0 Å². The Hall–Kier alpha value is -0.350. The Kier molecular flexibility index (Phi) is 4.13. The average Bonchev–Trinajstić information content (AvgIpc) is 2.44. The van der Waals surface area contributed by atoms with E-state index in [-0.39, 0.29) is 6.61 Å². The fourth-order valence-corrected chi connectivity index (χ4v) is 2.17. The van der Waals surface area contributed by atoms with E-state index in [1.165, 1.54) is 11.3 Å².